The Kier molecular flexibility index (Phi) is 1.83. The first-order valence-electron chi connectivity index (χ1n) is 3.15. The number of allylic oxidation sites excluding steroid dienone is 3. The Morgan fingerprint density at radius 1 is 1.44 bits per heavy atom. The van der Waals surface area contributed by atoms with Gasteiger partial charge >= 0.3 is 0 Å². The van der Waals surface area contributed by atoms with E-state index in [1.807, 2.05) is 12.4 Å². The largest absolute Gasteiger partial charge is 0.265 e. The molecule has 0 aliphatic carbocycles. The highest BCUT2D eigenvalue weighted by molar-refractivity contribution is 5.79. The van der Waals surface area contributed by atoms with Crippen molar-refractivity contribution in [2.24, 2.45) is 4.99 Å². The van der Waals surface area contributed by atoms with E-state index in [2.05, 4.69) is 24.9 Å². The van der Waals surface area contributed by atoms with Gasteiger partial charge in [-0.05, 0) is 25.8 Å². The van der Waals surface area contributed by atoms with Crippen molar-refractivity contribution < 1.29 is 0 Å². The van der Waals surface area contributed by atoms with Crippen molar-refractivity contribution in [3.8, 4) is 0 Å². The maximum Gasteiger partial charge on any atom is 0.0296 e. The first-order valence-corrected chi connectivity index (χ1v) is 3.15. The van der Waals surface area contributed by atoms with Crippen LogP contribution in [0.15, 0.2) is 28.4 Å². The molecule has 1 heteroatoms. The summed E-state index contributed by atoms with van der Waals surface area (Å²) in [7, 11) is 0. The lowest BCUT2D eigenvalue weighted by Crippen LogP contribution is -1.81. The zero-order chi connectivity index (χ0) is 6.69. The smallest absolute Gasteiger partial charge is 0.0296 e. The van der Waals surface area contributed by atoms with Crippen molar-refractivity contribution in [2.45, 2.75) is 20.3 Å². The van der Waals surface area contributed by atoms with Gasteiger partial charge in [-0.3, -0.25) is 4.99 Å². The molecule has 1 rings (SSSR count). The highest BCUT2D eigenvalue weighted by atomic mass is 14.7. The molecule has 0 unspecified atom stereocenters. The summed E-state index contributed by atoms with van der Waals surface area (Å²) in [6.45, 7) is 4.23. The van der Waals surface area contributed by atoms with Crippen LogP contribution >= 0.6 is 0 Å². The Hall–Kier alpha value is -0.850. The van der Waals surface area contributed by atoms with E-state index in [1.54, 1.807) is 0 Å². The van der Waals surface area contributed by atoms with Gasteiger partial charge in [-0.1, -0.05) is 11.6 Å². The van der Waals surface area contributed by atoms with Crippen LogP contribution in [-0.2, 0) is 0 Å². The molecule has 0 saturated heterocycles. The lowest BCUT2D eigenvalue weighted by atomic mass is 10.1. The van der Waals surface area contributed by atoms with Crippen molar-refractivity contribution in [1.29, 1.82) is 0 Å². The van der Waals surface area contributed by atoms with Crippen LogP contribution in [0.25, 0.3) is 0 Å². The third-order valence-electron chi connectivity index (χ3n) is 1.56. The van der Waals surface area contributed by atoms with Crippen LogP contribution in [0.4, 0.5) is 0 Å². The molecule has 0 atom stereocenters. The zero-order valence-corrected chi connectivity index (χ0v) is 5.89. The second-order valence-electron chi connectivity index (χ2n) is 2.33. The first-order chi connectivity index (χ1) is 4.30. The normalized spacial score (nSPS) is 18.4. The fraction of sp³-hybridized carbons (Fsp3) is 0.375. The second kappa shape index (κ2) is 2.62. The molecule has 0 fully saturated rings. The lowest BCUT2D eigenvalue weighted by molar-refractivity contribution is 1.18. The number of aliphatic imine (C=N–C) groups is 1. The minimum atomic E-state index is 1.05. The monoisotopic (exact) mass is 121 g/mol. The average molecular weight is 121 g/mol. The van der Waals surface area contributed by atoms with Crippen LogP contribution in [0.5, 0.6) is 0 Å². The number of nitrogens with zero attached hydrogens (tertiary/aromatic N) is 1. The molecule has 1 aliphatic rings. The fourth-order valence-electron chi connectivity index (χ4n) is 0.716. The van der Waals surface area contributed by atoms with Gasteiger partial charge < -0.3 is 0 Å². The Morgan fingerprint density at radius 3 is 3.00 bits per heavy atom. The maximum absolute atomic E-state index is 4.04. The van der Waals surface area contributed by atoms with Gasteiger partial charge in [-0.15, -0.1) is 0 Å². The van der Waals surface area contributed by atoms with Gasteiger partial charge in [0.15, 0.2) is 0 Å². The van der Waals surface area contributed by atoms with Crippen molar-refractivity contribution in [3.63, 3.8) is 0 Å². The molecule has 0 spiro atoms. The molecule has 0 aromatic carbocycles. The average Bonchev–Trinajstić information content (AvgIpc) is 1.99. The standard InChI is InChI=1S/C8H11N/c1-7-4-3-5-9-6-8(7)2/h3,5-6H,4H2,1-2H3. The lowest BCUT2D eigenvalue weighted by Gasteiger charge is -1.94. The highest BCUT2D eigenvalue weighted by Gasteiger charge is 1.92. The summed E-state index contributed by atoms with van der Waals surface area (Å²) in [6, 6.07) is 0. The summed E-state index contributed by atoms with van der Waals surface area (Å²) in [5.41, 5.74) is 2.70. The van der Waals surface area contributed by atoms with Gasteiger partial charge in [-0.25, -0.2) is 0 Å². The fourth-order valence-corrected chi connectivity index (χ4v) is 0.716. The van der Waals surface area contributed by atoms with E-state index in [0.717, 1.165) is 6.42 Å². The van der Waals surface area contributed by atoms with E-state index < -0.39 is 0 Å². The number of hydrogen-bond donors (Lipinski definition) is 0. The Morgan fingerprint density at radius 2 is 2.22 bits per heavy atom. The summed E-state index contributed by atoms with van der Waals surface area (Å²) >= 11 is 0. The van der Waals surface area contributed by atoms with Gasteiger partial charge in [-0.2, -0.15) is 0 Å². The Bertz CT molecular complexity index is 185. The van der Waals surface area contributed by atoms with Crippen molar-refractivity contribution >= 4 is 6.21 Å². The molecular weight excluding hydrogens is 110 g/mol. The molecule has 1 aliphatic heterocycles. The van der Waals surface area contributed by atoms with Crippen LogP contribution in [0.3, 0.4) is 0 Å². The van der Waals surface area contributed by atoms with E-state index in [1.165, 1.54) is 11.1 Å². The highest BCUT2D eigenvalue weighted by Crippen LogP contribution is 2.08. The van der Waals surface area contributed by atoms with Crippen molar-refractivity contribution in [1.82, 2.24) is 0 Å². The van der Waals surface area contributed by atoms with E-state index in [4.69, 9.17) is 0 Å². The molecule has 0 aromatic rings. The number of hydrogen-bond acceptors (Lipinski definition) is 1. The molecule has 1 heterocycles. The third-order valence-corrected chi connectivity index (χ3v) is 1.56. The van der Waals surface area contributed by atoms with Gasteiger partial charge in [0.25, 0.3) is 0 Å². The van der Waals surface area contributed by atoms with Crippen LogP contribution < -0.4 is 0 Å². The van der Waals surface area contributed by atoms with Crippen molar-refractivity contribution in [2.75, 3.05) is 0 Å². The molecule has 9 heavy (non-hydrogen) atoms. The van der Waals surface area contributed by atoms with Gasteiger partial charge in [0, 0.05) is 12.4 Å². The van der Waals surface area contributed by atoms with Gasteiger partial charge in [0.1, 0.15) is 0 Å². The molecule has 0 N–H and O–H groups in total. The van der Waals surface area contributed by atoms with Crippen LogP contribution in [0.2, 0.25) is 0 Å². The summed E-state index contributed by atoms with van der Waals surface area (Å²) < 4.78 is 0. The van der Waals surface area contributed by atoms with Crippen LogP contribution in [0.1, 0.15) is 20.3 Å². The van der Waals surface area contributed by atoms with Crippen LogP contribution in [-0.4, -0.2) is 6.21 Å². The molecule has 0 bridgehead atoms. The summed E-state index contributed by atoms with van der Waals surface area (Å²) in [5.74, 6) is 0. The SMILES string of the molecule is CC1=C(C)CC=CN=C1. The molecule has 0 amide bonds. The minimum Gasteiger partial charge on any atom is -0.265 e. The minimum absolute atomic E-state index is 1.05. The van der Waals surface area contributed by atoms with Crippen molar-refractivity contribution in [3.05, 3.63) is 23.4 Å². The zero-order valence-electron chi connectivity index (χ0n) is 5.89. The molecular formula is C8H11N. The topological polar surface area (TPSA) is 12.4 Å². The second-order valence-corrected chi connectivity index (χ2v) is 2.33. The van der Waals surface area contributed by atoms with E-state index in [9.17, 15) is 0 Å². The molecule has 1 nitrogen and oxygen atoms in total. The Labute approximate surface area is 55.8 Å². The molecule has 0 saturated carbocycles. The van der Waals surface area contributed by atoms with E-state index in [0.29, 0.717) is 0 Å². The summed E-state index contributed by atoms with van der Waals surface area (Å²) in [5, 5.41) is 0. The third kappa shape index (κ3) is 1.53. The molecule has 48 valence electrons. The van der Waals surface area contributed by atoms with E-state index in [-0.39, 0.29) is 0 Å². The summed E-state index contributed by atoms with van der Waals surface area (Å²) in [6.07, 6.45) is 6.87. The quantitative estimate of drug-likeness (QED) is 0.466. The first kappa shape index (κ1) is 6.27. The Balaban J connectivity index is 2.85. The number of rotatable bonds is 0. The van der Waals surface area contributed by atoms with E-state index >= 15 is 0 Å². The molecule has 0 radical (unpaired) electrons. The maximum atomic E-state index is 4.04. The molecule has 0 aromatic heterocycles. The summed E-state index contributed by atoms with van der Waals surface area (Å²) in [4.78, 5) is 4.04. The predicted molar refractivity (Wildman–Crippen MR) is 40.6 cm³/mol. The van der Waals surface area contributed by atoms with Crippen LogP contribution in [0, 0.1) is 0 Å². The van der Waals surface area contributed by atoms with Gasteiger partial charge in [0.2, 0.25) is 0 Å². The van der Waals surface area contributed by atoms with Gasteiger partial charge in [0.05, 0.1) is 0 Å². The predicted octanol–water partition coefficient (Wildman–Crippen LogP) is 2.31.